The van der Waals surface area contributed by atoms with Gasteiger partial charge in [-0.05, 0) is 19.4 Å². The Balaban J connectivity index is 3.52. The molecule has 0 aliphatic heterocycles. The van der Waals surface area contributed by atoms with Crippen LogP contribution < -0.4 is 5.32 Å². The third-order valence-electron chi connectivity index (χ3n) is 1.83. The van der Waals surface area contributed by atoms with Crippen molar-refractivity contribution in [2.45, 2.75) is 33.1 Å². The SMILES string of the molecule is CCCCS(=O)(=O)CCNCCC. The minimum Gasteiger partial charge on any atom is -0.316 e. The maximum Gasteiger partial charge on any atom is 0.151 e. The molecule has 0 saturated heterocycles. The van der Waals surface area contributed by atoms with Gasteiger partial charge >= 0.3 is 0 Å². The molecule has 0 fully saturated rings. The van der Waals surface area contributed by atoms with Crippen LogP contribution in [0.4, 0.5) is 0 Å². The van der Waals surface area contributed by atoms with E-state index in [1.807, 2.05) is 6.92 Å². The second-order valence-electron chi connectivity index (χ2n) is 3.26. The van der Waals surface area contributed by atoms with E-state index in [2.05, 4.69) is 12.2 Å². The lowest BCUT2D eigenvalue weighted by atomic mass is 10.4. The summed E-state index contributed by atoms with van der Waals surface area (Å²) in [4.78, 5) is 0. The normalized spacial score (nSPS) is 11.8. The zero-order valence-electron chi connectivity index (χ0n) is 8.67. The molecule has 0 aromatic rings. The molecule has 0 saturated carbocycles. The standard InChI is InChI=1S/C9H21NO2S/c1-3-5-8-13(11,12)9-7-10-6-4-2/h10H,3-9H2,1-2H3. The van der Waals surface area contributed by atoms with E-state index in [0.717, 1.165) is 25.8 Å². The van der Waals surface area contributed by atoms with Crippen molar-refractivity contribution in [2.24, 2.45) is 0 Å². The predicted octanol–water partition coefficient (Wildman–Crippen LogP) is 1.20. The van der Waals surface area contributed by atoms with Crippen LogP contribution in [-0.2, 0) is 9.84 Å². The fourth-order valence-corrected chi connectivity index (χ4v) is 2.38. The van der Waals surface area contributed by atoms with E-state index < -0.39 is 9.84 Å². The molecule has 0 unspecified atom stereocenters. The lowest BCUT2D eigenvalue weighted by molar-refractivity contribution is 0.587. The maximum atomic E-state index is 11.3. The van der Waals surface area contributed by atoms with Crippen molar-refractivity contribution in [1.29, 1.82) is 0 Å². The van der Waals surface area contributed by atoms with Crippen LogP contribution >= 0.6 is 0 Å². The van der Waals surface area contributed by atoms with Crippen molar-refractivity contribution in [1.82, 2.24) is 5.32 Å². The molecule has 0 aromatic heterocycles. The summed E-state index contributed by atoms with van der Waals surface area (Å²) in [5.74, 6) is 0.629. The Kier molecular flexibility index (Phi) is 7.28. The van der Waals surface area contributed by atoms with Crippen LogP contribution in [0.5, 0.6) is 0 Å². The van der Waals surface area contributed by atoms with Gasteiger partial charge in [0.2, 0.25) is 0 Å². The van der Waals surface area contributed by atoms with Gasteiger partial charge < -0.3 is 5.32 Å². The van der Waals surface area contributed by atoms with Crippen LogP contribution in [-0.4, -0.2) is 33.0 Å². The molecule has 80 valence electrons. The van der Waals surface area contributed by atoms with Gasteiger partial charge in [-0.25, -0.2) is 8.42 Å². The molecule has 0 aliphatic carbocycles. The number of unbranched alkanes of at least 4 members (excludes halogenated alkanes) is 1. The summed E-state index contributed by atoms with van der Waals surface area (Å²) in [7, 11) is -2.79. The zero-order chi connectivity index (χ0) is 10.2. The van der Waals surface area contributed by atoms with Crippen LogP contribution in [0, 0.1) is 0 Å². The van der Waals surface area contributed by atoms with Gasteiger partial charge in [0.1, 0.15) is 0 Å². The zero-order valence-corrected chi connectivity index (χ0v) is 9.49. The molecule has 0 radical (unpaired) electrons. The van der Waals surface area contributed by atoms with Crippen molar-refractivity contribution in [2.75, 3.05) is 24.6 Å². The average Bonchev–Trinajstić information content (AvgIpc) is 2.09. The van der Waals surface area contributed by atoms with E-state index in [4.69, 9.17) is 0 Å². The summed E-state index contributed by atoms with van der Waals surface area (Å²) in [6, 6.07) is 0. The van der Waals surface area contributed by atoms with Crippen LogP contribution in [0.15, 0.2) is 0 Å². The second kappa shape index (κ2) is 7.33. The third kappa shape index (κ3) is 8.25. The molecule has 0 bridgehead atoms. The molecule has 1 N–H and O–H groups in total. The molecule has 0 spiro atoms. The molecule has 0 aromatic carbocycles. The fraction of sp³-hybridized carbons (Fsp3) is 1.00. The van der Waals surface area contributed by atoms with Crippen molar-refractivity contribution in [3.63, 3.8) is 0 Å². The smallest absolute Gasteiger partial charge is 0.151 e. The highest BCUT2D eigenvalue weighted by Crippen LogP contribution is 1.96. The van der Waals surface area contributed by atoms with E-state index in [1.165, 1.54) is 0 Å². The van der Waals surface area contributed by atoms with Crippen molar-refractivity contribution >= 4 is 9.84 Å². The van der Waals surface area contributed by atoms with Gasteiger partial charge in [0.15, 0.2) is 9.84 Å². The Hall–Kier alpha value is -0.0900. The summed E-state index contributed by atoms with van der Waals surface area (Å²) >= 11 is 0. The molecule has 3 nitrogen and oxygen atoms in total. The first-order valence-electron chi connectivity index (χ1n) is 5.03. The minimum atomic E-state index is -2.79. The van der Waals surface area contributed by atoms with Crippen LogP contribution in [0.2, 0.25) is 0 Å². The van der Waals surface area contributed by atoms with E-state index in [1.54, 1.807) is 0 Å². The fourth-order valence-electron chi connectivity index (χ4n) is 0.996. The second-order valence-corrected chi connectivity index (χ2v) is 5.56. The van der Waals surface area contributed by atoms with E-state index in [0.29, 0.717) is 12.3 Å². The Bertz CT molecular complexity index is 200. The number of hydrogen-bond donors (Lipinski definition) is 1. The van der Waals surface area contributed by atoms with Crippen molar-refractivity contribution in [3.8, 4) is 0 Å². The highest BCUT2D eigenvalue weighted by atomic mass is 32.2. The number of hydrogen-bond acceptors (Lipinski definition) is 3. The molecule has 13 heavy (non-hydrogen) atoms. The molecular weight excluding hydrogens is 186 g/mol. The van der Waals surface area contributed by atoms with Gasteiger partial charge in [0, 0.05) is 6.54 Å². The maximum absolute atomic E-state index is 11.3. The largest absolute Gasteiger partial charge is 0.316 e. The monoisotopic (exact) mass is 207 g/mol. The first-order valence-corrected chi connectivity index (χ1v) is 6.85. The van der Waals surface area contributed by atoms with Crippen molar-refractivity contribution in [3.05, 3.63) is 0 Å². The van der Waals surface area contributed by atoms with Gasteiger partial charge in [-0.3, -0.25) is 0 Å². The topological polar surface area (TPSA) is 46.2 Å². The summed E-state index contributed by atoms with van der Waals surface area (Å²) in [6.07, 6.45) is 2.78. The van der Waals surface area contributed by atoms with E-state index in [-0.39, 0.29) is 5.75 Å². The van der Waals surface area contributed by atoms with Crippen molar-refractivity contribution < 1.29 is 8.42 Å². The van der Waals surface area contributed by atoms with Gasteiger partial charge in [0.05, 0.1) is 11.5 Å². The Morgan fingerprint density at radius 3 is 2.23 bits per heavy atom. The predicted molar refractivity (Wildman–Crippen MR) is 56.7 cm³/mol. The molecule has 0 heterocycles. The Morgan fingerprint density at radius 1 is 1.00 bits per heavy atom. The van der Waals surface area contributed by atoms with Gasteiger partial charge in [-0.2, -0.15) is 0 Å². The first kappa shape index (κ1) is 12.9. The molecule has 0 aliphatic rings. The van der Waals surface area contributed by atoms with Crippen LogP contribution in [0.1, 0.15) is 33.1 Å². The van der Waals surface area contributed by atoms with Crippen LogP contribution in [0.3, 0.4) is 0 Å². The summed E-state index contributed by atoms with van der Waals surface area (Å²) in [5.41, 5.74) is 0. The Labute approximate surface area is 81.8 Å². The highest BCUT2D eigenvalue weighted by molar-refractivity contribution is 7.91. The van der Waals surface area contributed by atoms with E-state index >= 15 is 0 Å². The van der Waals surface area contributed by atoms with E-state index in [9.17, 15) is 8.42 Å². The minimum absolute atomic E-state index is 0.285. The number of sulfone groups is 1. The molecule has 0 rings (SSSR count). The highest BCUT2D eigenvalue weighted by Gasteiger charge is 2.08. The molecule has 0 amide bonds. The lowest BCUT2D eigenvalue weighted by Crippen LogP contribution is -2.24. The lowest BCUT2D eigenvalue weighted by Gasteiger charge is -2.04. The van der Waals surface area contributed by atoms with Gasteiger partial charge in [-0.1, -0.05) is 20.3 Å². The summed E-state index contributed by atoms with van der Waals surface area (Å²) < 4.78 is 22.6. The van der Waals surface area contributed by atoms with Crippen LogP contribution in [0.25, 0.3) is 0 Å². The average molecular weight is 207 g/mol. The summed E-state index contributed by atoms with van der Waals surface area (Å²) in [6.45, 7) is 5.58. The molecule has 0 atom stereocenters. The number of nitrogens with one attached hydrogen (secondary N) is 1. The third-order valence-corrected chi connectivity index (χ3v) is 3.56. The first-order chi connectivity index (χ1) is 6.12. The number of rotatable bonds is 8. The molecule has 4 heteroatoms. The Morgan fingerprint density at radius 2 is 1.69 bits per heavy atom. The van der Waals surface area contributed by atoms with Gasteiger partial charge in [-0.15, -0.1) is 0 Å². The quantitative estimate of drug-likeness (QED) is 0.608. The van der Waals surface area contributed by atoms with Gasteiger partial charge in [0.25, 0.3) is 0 Å². The molecular formula is C9H21NO2S. The summed E-state index contributed by atoms with van der Waals surface area (Å²) in [5, 5.41) is 3.09.